The van der Waals surface area contributed by atoms with E-state index in [-0.39, 0.29) is 6.17 Å². The Bertz CT molecular complexity index is 536. The molecule has 2 heterocycles. The van der Waals surface area contributed by atoms with Crippen LogP contribution in [0.15, 0.2) is 33.1 Å². The van der Waals surface area contributed by atoms with E-state index in [1.807, 2.05) is 6.20 Å². The highest BCUT2D eigenvalue weighted by molar-refractivity contribution is 6.27. The number of allylic oxidation sites excluding steroid dienone is 2. The summed E-state index contributed by atoms with van der Waals surface area (Å²) in [5.74, 6) is 0.822. The number of halogens is 1. The maximum absolute atomic E-state index is 6.27. The Balaban J connectivity index is 1.96. The first-order valence-corrected chi connectivity index (χ1v) is 7.70. The van der Waals surface area contributed by atoms with Gasteiger partial charge in [-0.25, -0.2) is 14.4 Å². The van der Waals surface area contributed by atoms with Gasteiger partial charge in [0.1, 0.15) is 11.9 Å². The Morgan fingerprint density at radius 3 is 2.65 bits per heavy atom. The molecule has 1 atom stereocenters. The summed E-state index contributed by atoms with van der Waals surface area (Å²) in [6.45, 7) is 6.26. The van der Waals surface area contributed by atoms with Crippen molar-refractivity contribution in [1.29, 1.82) is 0 Å². The second-order valence-corrected chi connectivity index (χ2v) is 6.12. The number of hydrazone groups is 1. The van der Waals surface area contributed by atoms with Gasteiger partial charge in [0.2, 0.25) is 0 Å². The van der Waals surface area contributed by atoms with Crippen molar-refractivity contribution in [1.82, 2.24) is 9.43 Å². The number of nitrogens with zero attached hydrogens (tertiary/aromatic N) is 4. The smallest absolute Gasteiger partial charge is 0.170 e. The van der Waals surface area contributed by atoms with Gasteiger partial charge in [-0.3, -0.25) is 0 Å². The lowest BCUT2D eigenvalue weighted by atomic mass is 9.99. The molecule has 0 amide bonds. The first kappa shape index (κ1) is 13.7. The van der Waals surface area contributed by atoms with Crippen molar-refractivity contribution in [2.75, 3.05) is 0 Å². The standard InChI is InChI=1S/C15H21ClN4/c1-10-9-19(16)15-14(11(10)2)20(12(3)17-15)18-13-7-5-4-6-8-13/h9,12H,4-8H2,1-3H3. The van der Waals surface area contributed by atoms with Gasteiger partial charge in [-0.2, -0.15) is 5.10 Å². The van der Waals surface area contributed by atoms with E-state index in [0.717, 1.165) is 29.9 Å². The van der Waals surface area contributed by atoms with Gasteiger partial charge >= 0.3 is 0 Å². The molecule has 3 rings (SSSR count). The molecule has 1 fully saturated rings. The average molecular weight is 293 g/mol. The molecule has 1 unspecified atom stereocenters. The van der Waals surface area contributed by atoms with Crippen LogP contribution < -0.4 is 0 Å². The summed E-state index contributed by atoms with van der Waals surface area (Å²) in [6, 6.07) is 0. The Morgan fingerprint density at radius 1 is 1.25 bits per heavy atom. The molecule has 0 radical (unpaired) electrons. The van der Waals surface area contributed by atoms with Gasteiger partial charge in [0.25, 0.3) is 0 Å². The van der Waals surface area contributed by atoms with Gasteiger partial charge in [-0.05, 0) is 57.6 Å². The van der Waals surface area contributed by atoms with Crippen LogP contribution in [-0.4, -0.2) is 27.1 Å². The van der Waals surface area contributed by atoms with Crippen molar-refractivity contribution in [3.8, 4) is 0 Å². The van der Waals surface area contributed by atoms with Crippen molar-refractivity contribution in [3.05, 3.63) is 23.0 Å². The highest BCUT2D eigenvalue weighted by Crippen LogP contribution is 2.34. The third-order valence-electron chi connectivity index (χ3n) is 4.24. The topological polar surface area (TPSA) is 31.2 Å². The minimum atomic E-state index is 0.0185. The number of hydrogen-bond acceptors (Lipinski definition) is 4. The van der Waals surface area contributed by atoms with Crippen molar-refractivity contribution in [2.45, 2.75) is 59.0 Å². The molecule has 20 heavy (non-hydrogen) atoms. The Morgan fingerprint density at radius 2 is 1.95 bits per heavy atom. The largest absolute Gasteiger partial charge is 0.242 e. The highest BCUT2D eigenvalue weighted by Gasteiger charge is 2.35. The summed E-state index contributed by atoms with van der Waals surface area (Å²) >= 11 is 6.27. The number of aliphatic imine (C=N–C) groups is 1. The van der Waals surface area contributed by atoms with E-state index in [0.29, 0.717) is 0 Å². The third kappa shape index (κ3) is 2.26. The van der Waals surface area contributed by atoms with Gasteiger partial charge < -0.3 is 0 Å². The molecular formula is C15H21ClN4. The van der Waals surface area contributed by atoms with Crippen molar-refractivity contribution >= 4 is 23.3 Å². The van der Waals surface area contributed by atoms with Crippen molar-refractivity contribution in [2.24, 2.45) is 10.1 Å². The SMILES string of the molecule is CC1=CN(Cl)C2=NC(C)N(N=C3CCCCC3)C2=C1C. The zero-order valence-corrected chi connectivity index (χ0v) is 13.1. The molecule has 0 aromatic carbocycles. The fourth-order valence-corrected chi connectivity index (χ4v) is 3.21. The van der Waals surface area contributed by atoms with Crippen LogP contribution in [0.25, 0.3) is 0 Å². The van der Waals surface area contributed by atoms with Gasteiger partial charge in [-0.15, -0.1) is 0 Å². The average Bonchev–Trinajstić information content (AvgIpc) is 2.76. The summed E-state index contributed by atoms with van der Waals surface area (Å²) in [6.07, 6.45) is 8.01. The summed E-state index contributed by atoms with van der Waals surface area (Å²) in [4.78, 5) is 4.65. The first-order chi connectivity index (χ1) is 9.58. The predicted octanol–water partition coefficient (Wildman–Crippen LogP) is 4.01. The van der Waals surface area contributed by atoms with Crippen LogP contribution in [0.5, 0.6) is 0 Å². The molecule has 0 bridgehead atoms. The highest BCUT2D eigenvalue weighted by atomic mass is 35.5. The quantitative estimate of drug-likeness (QED) is 0.684. The summed E-state index contributed by atoms with van der Waals surface area (Å²) in [5.41, 5.74) is 4.74. The molecule has 4 nitrogen and oxygen atoms in total. The van der Waals surface area contributed by atoms with E-state index in [4.69, 9.17) is 16.9 Å². The van der Waals surface area contributed by atoms with Crippen LogP contribution in [0, 0.1) is 0 Å². The summed E-state index contributed by atoms with van der Waals surface area (Å²) < 4.78 is 1.59. The van der Waals surface area contributed by atoms with E-state index in [2.05, 4.69) is 30.8 Å². The molecular weight excluding hydrogens is 272 g/mol. The number of amidine groups is 1. The van der Waals surface area contributed by atoms with Crippen molar-refractivity contribution < 1.29 is 0 Å². The van der Waals surface area contributed by atoms with Crippen LogP contribution in [0.1, 0.15) is 52.9 Å². The fraction of sp³-hybridized carbons (Fsp3) is 0.600. The maximum Gasteiger partial charge on any atom is 0.170 e. The lowest BCUT2D eigenvalue weighted by Gasteiger charge is -2.27. The number of hydrogen-bond donors (Lipinski definition) is 0. The second-order valence-electron chi connectivity index (χ2n) is 5.75. The molecule has 5 heteroatoms. The first-order valence-electron chi connectivity index (χ1n) is 7.36. The molecule has 0 aromatic rings. The third-order valence-corrected chi connectivity index (χ3v) is 4.50. The van der Waals surface area contributed by atoms with E-state index in [1.165, 1.54) is 30.5 Å². The van der Waals surface area contributed by atoms with E-state index >= 15 is 0 Å². The van der Waals surface area contributed by atoms with Gasteiger partial charge in [0, 0.05) is 23.7 Å². The number of rotatable bonds is 1. The summed E-state index contributed by atoms with van der Waals surface area (Å²) in [5, 5.41) is 6.94. The fourth-order valence-electron chi connectivity index (χ4n) is 2.94. The molecule has 1 saturated carbocycles. The normalized spacial score (nSPS) is 26.6. The lowest BCUT2D eigenvalue weighted by Crippen LogP contribution is -2.30. The molecule has 0 spiro atoms. The Kier molecular flexibility index (Phi) is 3.59. The van der Waals surface area contributed by atoms with Crippen LogP contribution in [-0.2, 0) is 0 Å². The van der Waals surface area contributed by atoms with Gasteiger partial charge in [0.15, 0.2) is 5.84 Å². The Hall–Kier alpha value is -1.29. The summed E-state index contributed by atoms with van der Waals surface area (Å²) in [7, 11) is 0. The van der Waals surface area contributed by atoms with E-state index in [1.54, 1.807) is 4.42 Å². The van der Waals surface area contributed by atoms with Crippen LogP contribution in [0.3, 0.4) is 0 Å². The predicted molar refractivity (Wildman–Crippen MR) is 83.4 cm³/mol. The number of fused-ring (bicyclic) bond motifs is 1. The molecule has 0 saturated heterocycles. The lowest BCUT2D eigenvalue weighted by molar-refractivity contribution is 0.317. The Labute approximate surface area is 125 Å². The zero-order chi connectivity index (χ0) is 14.3. The maximum atomic E-state index is 6.27. The van der Waals surface area contributed by atoms with Crippen molar-refractivity contribution in [3.63, 3.8) is 0 Å². The van der Waals surface area contributed by atoms with Crippen LogP contribution >= 0.6 is 11.8 Å². The molecule has 3 aliphatic rings. The minimum absolute atomic E-state index is 0.0185. The molecule has 1 aliphatic carbocycles. The monoisotopic (exact) mass is 292 g/mol. The van der Waals surface area contributed by atoms with Gasteiger partial charge in [-0.1, -0.05) is 6.42 Å². The van der Waals surface area contributed by atoms with E-state index < -0.39 is 0 Å². The molecule has 0 N–H and O–H groups in total. The van der Waals surface area contributed by atoms with Crippen LogP contribution in [0.2, 0.25) is 0 Å². The molecule has 108 valence electrons. The molecule has 2 aliphatic heterocycles. The van der Waals surface area contributed by atoms with E-state index in [9.17, 15) is 0 Å². The van der Waals surface area contributed by atoms with Gasteiger partial charge in [0.05, 0.1) is 0 Å². The minimum Gasteiger partial charge on any atom is -0.242 e. The molecule has 0 aromatic heterocycles. The zero-order valence-electron chi connectivity index (χ0n) is 12.4. The second kappa shape index (κ2) is 5.24. The van der Waals surface area contributed by atoms with Crippen LogP contribution in [0.4, 0.5) is 0 Å².